The molecule has 0 aliphatic carbocycles. The van der Waals surface area contributed by atoms with E-state index in [4.69, 9.17) is 38.9 Å². The molecule has 0 radical (unpaired) electrons. The Morgan fingerprint density at radius 2 is 1.80 bits per heavy atom. The monoisotopic (exact) mass is 310 g/mol. The lowest BCUT2D eigenvalue weighted by Gasteiger charge is -2.11. The van der Waals surface area contributed by atoms with Crippen molar-refractivity contribution in [3.8, 4) is 11.5 Å². The third-order valence-corrected chi connectivity index (χ3v) is 3.02. The minimum absolute atomic E-state index is 0.0307. The summed E-state index contributed by atoms with van der Waals surface area (Å²) in [6.45, 7) is 1.90. The van der Waals surface area contributed by atoms with Gasteiger partial charge in [-0.25, -0.2) is 0 Å². The standard InChI is InChI=1S/C14H12Cl2N2O2/c1-8-2-3-13(12(4-8)14(17)18-19)20-11-6-9(15)5-10(16)7-11/h2-7,19H,1H3,(H2,17,18). The number of oxime groups is 1. The minimum atomic E-state index is -0.0307. The highest BCUT2D eigenvalue weighted by Gasteiger charge is 2.10. The van der Waals surface area contributed by atoms with E-state index in [1.165, 1.54) is 0 Å². The second-order valence-electron chi connectivity index (χ2n) is 4.19. The summed E-state index contributed by atoms with van der Waals surface area (Å²) in [5, 5.41) is 12.7. The van der Waals surface area contributed by atoms with Crippen LogP contribution in [0.15, 0.2) is 41.6 Å². The van der Waals surface area contributed by atoms with E-state index in [2.05, 4.69) is 5.16 Å². The highest BCUT2D eigenvalue weighted by Crippen LogP contribution is 2.30. The van der Waals surface area contributed by atoms with Crippen molar-refractivity contribution in [2.75, 3.05) is 0 Å². The van der Waals surface area contributed by atoms with Crippen LogP contribution < -0.4 is 10.5 Å². The van der Waals surface area contributed by atoms with E-state index < -0.39 is 0 Å². The molecule has 6 heteroatoms. The Labute approximate surface area is 126 Å². The largest absolute Gasteiger partial charge is 0.456 e. The molecular formula is C14H12Cl2N2O2. The second-order valence-corrected chi connectivity index (χ2v) is 5.06. The summed E-state index contributed by atoms with van der Waals surface area (Å²) in [5.41, 5.74) is 7.10. The molecular weight excluding hydrogens is 299 g/mol. The normalized spacial score (nSPS) is 11.4. The van der Waals surface area contributed by atoms with E-state index in [1.807, 2.05) is 13.0 Å². The van der Waals surface area contributed by atoms with Crippen molar-refractivity contribution in [2.45, 2.75) is 6.92 Å². The number of amidine groups is 1. The molecule has 0 saturated carbocycles. The number of rotatable bonds is 3. The summed E-state index contributed by atoms with van der Waals surface area (Å²) in [6.07, 6.45) is 0. The van der Waals surface area contributed by atoms with Gasteiger partial charge in [0.15, 0.2) is 5.84 Å². The molecule has 0 unspecified atom stereocenters. The van der Waals surface area contributed by atoms with Crippen LogP contribution in [0.4, 0.5) is 0 Å². The molecule has 0 amide bonds. The van der Waals surface area contributed by atoms with Crippen molar-refractivity contribution in [3.05, 3.63) is 57.6 Å². The van der Waals surface area contributed by atoms with Crippen LogP contribution in [0.2, 0.25) is 10.0 Å². The van der Waals surface area contributed by atoms with Gasteiger partial charge in [0, 0.05) is 10.0 Å². The van der Waals surface area contributed by atoms with Crippen LogP contribution in [0, 0.1) is 6.92 Å². The van der Waals surface area contributed by atoms with Gasteiger partial charge in [-0.15, -0.1) is 0 Å². The number of benzene rings is 2. The molecule has 0 saturated heterocycles. The molecule has 3 N–H and O–H groups in total. The van der Waals surface area contributed by atoms with Gasteiger partial charge in [0.2, 0.25) is 0 Å². The SMILES string of the molecule is Cc1ccc(Oc2cc(Cl)cc(Cl)c2)c(/C(N)=N/O)c1. The van der Waals surface area contributed by atoms with Gasteiger partial charge in [-0.05, 0) is 37.3 Å². The maximum atomic E-state index is 8.82. The zero-order chi connectivity index (χ0) is 14.7. The molecule has 0 aromatic heterocycles. The van der Waals surface area contributed by atoms with E-state index in [9.17, 15) is 0 Å². The summed E-state index contributed by atoms with van der Waals surface area (Å²) in [4.78, 5) is 0. The molecule has 4 nitrogen and oxygen atoms in total. The van der Waals surface area contributed by atoms with Crippen LogP contribution in [0.25, 0.3) is 0 Å². The molecule has 20 heavy (non-hydrogen) atoms. The van der Waals surface area contributed by atoms with Gasteiger partial charge >= 0.3 is 0 Å². The Hall–Kier alpha value is -1.91. The first-order valence-electron chi connectivity index (χ1n) is 5.72. The first-order chi connectivity index (χ1) is 9.49. The summed E-state index contributed by atoms with van der Waals surface area (Å²) >= 11 is 11.8. The van der Waals surface area contributed by atoms with Gasteiger partial charge in [0.25, 0.3) is 0 Å². The molecule has 2 rings (SSSR count). The average Bonchev–Trinajstić information content (AvgIpc) is 2.38. The highest BCUT2D eigenvalue weighted by atomic mass is 35.5. The number of aryl methyl sites for hydroxylation is 1. The quantitative estimate of drug-likeness (QED) is 0.386. The van der Waals surface area contributed by atoms with Crippen LogP contribution >= 0.6 is 23.2 Å². The minimum Gasteiger partial charge on any atom is -0.456 e. The fraction of sp³-hybridized carbons (Fsp3) is 0.0714. The van der Waals surface area contributed by atoms with Crippen molar-refractivity contribution in [1.82, 2.24) is 0 Å². The summed E-state index contributed by atoms with van der Waals surface area (Å²) in [5.74, 6) is 0.888. The highest BCUT2D eigenvalue weighted by molar-refractivity contribution is 6.34. The average molecular weight is 311 g/mol. The van der Waals surface area contributed by atoms with Crippen molar-refractivity contribution in [2.24, 2.45) is 10.9 Å². The Balaban J connectivity index is 2.43. The molecule has 0 fully saturated rings. The molecule has 0 bridgehead atoms. The Bertz CT molecular complexity index is 652. The molecule has 104 valence electrons. The molecule has 0 aliphatic heterocycles. The zero-order valence-electron chi connectivity index (χ0n) is 10.6. The number of hydrogen-bond acceptors (Lipinski definition) is 3. The number of nitrogens with zero attached hydrogens (tertiary/aromatic N) is 1. The van der Waals surface area contributed by atoms with Crippen molar-refractivity contribution >= 4 is 29.0 Å². The Kier molecular flexibility index (Phi) is 4.37. The second kappa shape index (κ2) is 6.03. The van der Waals surface area contributed by atoms with Gasteiger partial charge in [0.05, 0.1) is 5.56 Å². The van der Waals surface area contributed by atoms with Crippen molar-refractivity contribution < 1.29 is 9.94 Å². The molecule has 0 heterocycles. The van der Waals surface area contributed by atoms with Crippen molar-refractivity contribution in [1.29, 1.82) is 0 Å². The van der Waals surface area contributed by atoms with Gasteiger partial charge in [-0.3, -0.25) is 0 Å². The van der Waals surface area contributed by atoms with E-state index in [0.717, 1.165) is 5.56 Å². The Morgan fingerprint density at radius 1 is 1.15 bits per heavy atom. The predicted octanol–water partition coefficient (Wildman–Crippen LogP) is 4.19. The third-order valence-electron chi connectivity index (χ3n) is 2.58. The molecule has 0 spiro atoms. The number of hydrogen-bond donors (Lipinski definition) is 2. The summed E-state index contributed by atoms with van der Waals surface area (Å²) < 4.78 is 5.71. The van der Waals surface area contributed by atoms with Crippen LogP contribution in [-0.2, 0) is 0 Å². The number of halogens is 2. The van der Waals surface area contributed by atoms with Crippen LogP contribution in [0.5, 0.6) is 11.5 Å². The van der Waals surface area contributed by atoms with Gasteiger partial charge in [-0.1, -0.05) is 40.0 Å². The first kappa shape index (κ1) is 14.5. The van der Waals surface area contributed by atoms with E-state index in [0.29, 0.717) is 27.1 Å². The van der Waals surface area contributed by atoms with E-state index in [1.54, 1.807) is 30.3 Å². The lowest BCUT2D eigenvalue weighted by atomic mass is 10.1. The Morgan fingerprint density at radius 3 is 2.40 bits per heavy atom. The van der Waals surface area contributed by atoms with E-state index >= 15 is 0 Å². The smallest absolute Gasteiger partial charge is 0.173 e. The topological polar surface area (TPSA) is 67.8 Å². The van der Waals surface area contributed by atoms with Crippen LogP contribution in [-0.4, -0.2) is 11.0 Å². The van der Waals surface area contributed by atoms with Crippen molar-refractivity contribution in [3.63, 3.8) is 0 Å². The molecule has 2 aromatic rings. The lowest BCUT2D eigenvalue weighted by Crippen LogP contribution is -2.14. The molecule has 2 aromatic carbocycles. The number of ether oxygens (including phenoxy) is 1. The van der Waals surface area contributed by atoms with Gasteiger partial charge < -0.3 is 15.7 Å². The lowest BCUT2D eigenvalue weighted by molar-refractivity contribution is 0.318. The maximum Gasteiger partial charge on any atom is 0.173 e. The maximum absolute atomic E-state index is 8.82. The zero-order valence-corrected chi connectivity index (χ0v) is 12.1. The fourth-order valence-corrected chi connectivity index (χ4v) is 2.21. The van der Waals surface area contributed by atoms with Crippen LogP contribution in [0.3, 0.4) is 0 Å². The fourth-order valence-electron chi connectivity index (χ4n) is 1.70. The van der Waals surface area contributed by atoms with E-state index in [-0.39, 0.29) is 5.84 Å². The predicted molar refractivity (Wildman–Crippen MR) is 80.2 cm³/mol. The van der Waals surface area contributed by atoms with Gasteiger partial charge in [0.1, 0.15) is 11.5 Å². The van der Waals surface area contributed by atoms with Gasteiger partial charge in [-0.2, -0.15) is 0 Å². The first-order valence-corrected chi connectivity index (χ1v) is 6.47. The third kappa shape index (κ3) is 3.35. The molecule has 0 atom stereocenters. The summed E-state index contributed by atoms with van der Waals surface area (Å²) in [7, 11) is 0. The number of nitrogens with two attached hydrogens (primary N) is 1. The molecule has 0 aliphatic rings. The summed E-state index contributed by atoms with van der Waals surface area (Å²) in [6, 6.07) is 10.2. The van der Waals surface area contributed by atoms with Crippen LogP contribution in [0.1, 0.15) is 11.1 Å².